The summed E-state index contributed by atoms with van der Waals surface area (Å²) in [6.45, 7) is 1.63. The lowest BCUT2D eigenvalue weighted by Gasteiger charge is -2.22. The number of hydrogen-bond acceptors (Lipinski definition) is 2. The van der Waals surface area contributed by atoms with Gasteiger partial charge in [-0.15, -0.1) is 0 Å². The molecule has 0 saturated carbocycles. The summed E-state index contributed by atoms with van der Waals surface area (Å²) in [6.07, 6.45) is -0.738. The minimum atomic E-state index is -0.738. The highest BCUT2D eigenvalue weighted by atomic mass is 35.5. The van der Waals surface area contributed by atoms with E-state index in [0.29, 0.717) is 0 Å². The summed E-state index contributed by atoms with van der Waals surface area (Å²) >= 11 is 5.88. The van der Waals surface area contributed by atoms with Crippen molar-refractivity contribution in [1.29, 1.82) is 0 Å². The van der Waals surface area contributed by atoms with Crippen molar-refractivity contribution in [1.82, 2.24) is 0 Å². The molecule has 1 unspecified atom stereocenters. The topological polar surface area (TPSA) is 29.5 Å². The molecule has 1 atom stereocenters. The highest BCUT2D eigenvalue weighted by molar-refractivity contribution is 6.32. The van der Waals surface area contributed by atoms with Crippen LogP contribution in [0.1, 0.15) is 6.92 Å². The van der Waals surface area contributed by atoms with Crippen molar-refractivity contribution in [2.45, 2.75) is 13.0 Å². The summed E-state index contributed by atoms with van der Waals surface area (Å²) < 4.78 is 18.5. The van der Waals surface area contributed by atoms with Crippen molar-refractivity contribution >= 4 is 23.2 Å². The highest BCUT2D eigenvalue weighted by Gasteiger charge is 2.21. The molecule has 1 amide bonds. The maximum absolute atomic E-state index is 13.0. The number of ether oxygens (including phenoxy) is 1. The second-order valence-electron chi connectivity index (χ2n) is 4.57. The molecule has 0 fully saturated rings. The van der Waals surface area contributed by atoms with Crippen LogP contribution in [-0.2, 0) is 4.79 Å². The van der Waals surface area contributed by atoms with Gasteiger partial charge in [-0.3, -0.25) is 4.79 Å². The number of nitrogens with zero attached hydrogens (tertiary/aromatic N) is 1. The van der Waals surface area contributed by atoms with Crippen LogP contribution in [0.5, 0.6) is 5.75 Å². The lowest BCUT2D eigenvalue weighted by atomic mass is 10.2. The van der Waals surface area contributed by atoms with Gasteiger partial charge in [0.15, 0.2) is 6.10 Å². The van der Waals surface area contributed by atoms with Crippen LogP contribution in [0.4, 0.5) is 10.1 Å². The Balaban J connectivity index is 2.09. The first-order chi connectivity index (χ1) is 9.99. The Kier molecular flexibility index (Phi) is 4.81. The van der Waals surface area contributed by atoms with Gasteiger partial charge in [-0.2, -0.15) is 0 Å². The zero-order chi connectivity index (χ0) is 15.4. The van der Waals surface area contributed by atoms with E-state index in [1.54, 1.807) is 14.0 Å². The molecule has 0 aliphatic carbocycles. The maximum atomic E-state index is 13.0. The van der Waals surface area contributed by atoms with E-state index in [9.17, 15) is 9.18 Å². The molecule has 21 heavy (non-hydrogen) atoms. The molecule has 2 rings (SSSR count). The van der Waals surface area contributed by atoms with E-state index in [1.165, 1.54) is 17.0 Å². The molecule has 2 aromatic rings. The first-order valence-electron chi connectivity index (χ1n) is 6.43. The average Bonchev–Trinajstić information content (AvgIpc) is 2.49. The predicted octanol–water partition coefficient (Wildman–Crippen LogP) is 3.91. The number of carbonyl (C=O) groups excluding carboxylic acids is 1. The van der Waals surface area contributed by atoms with Gasteiger partial charge in [0.1, 0.15) is 11.6 Å². The number of benzene rings is 2. The van der Waals surface area contributed by atoms with Crippen molar-refractivity contribution < 1.29 is 13.9 Å². The van der Waals surface area contributed by atoms with Gasteiger partial charge in [0, 0.05) is 12.7 Å². The third-order valence-electron chi connectivity index (χ3n) is 3.02. The van der Waals surface area contributed by atoms with E-state index in [1.807, 2.05) is 30.3 Å². The van der Waals surface area contributed by atoms with Gasteiger partial charge in [0.05, 0.1) is 5.02 Å². The summed E-state index contributed by atoms with van der Waals surface area (Å²) in [5.41, 5.74) is 0.767. The fourth-order valence-electron chi connectivity index (χ4n) is 1.86. The standard InChI is InChI=1S/C16H15ClFNO2/c1-11(21-15-9-8-12(18)10-14(15)17)16(20)19(2)13-6-4-3-5-7-13/h3-11H,1-2H3. The molecule has 2 aromatic carbocycles. The van der Waals surface area contributed by atoms with E-state index in [4.69, 9.17) is 16.3 Å². The number of carbonyl (C=O) groups is 1. The second-order valence-corrected chi connectivity index (χ2v) is 4.97. The number of hydrogen-bond donors (Lipinski definition) is 0. The van der Waals surface area contributed by atoms with Gasteiger partial charge in [-0.25, -0.2) is 4.39 Å². The second kappa shape index (κ2) is 6.59. The van der Waals surface area contributed by atoms with E-state index < -0.39 is 11.9 Å². The first kappa shape index (κ1) is 15.3. The Labute approximate surface area is 127 Å². The number of likely N-dealkylation sites (N-methyl/N-ethyl adjacent to an activating group) is 1. The van der Waals surface area contributed by atoms with Crippen LogP contribution < -0.4 is 9.64 Å². The summed E-state index contributed by atoms with van der Waals surface area (Å²) in [5.74, 6) is -0.394. The normalized spacial score (nSPS) is 11.8. The molecule has 0 spiro atoms. The number of rotatable bonds is 4. The number of amides is 1. The molecule has 0 aliphatic heterocycles. The zero-order valence-electron chi connectivity index (χ0n) is 11.7. The lowest BCUT2D eigenvalue weighted by molar-refractivity contribution is -0.124. The van der Waals surface area contributed by atoms with Crippen LogP contribution >= 0.6 is 11.6 Å². The van der Waals surface area contributed by atoms with Crippen molar-refractivity contribution in [2.24, 2.45) is 0 Å². The van der Waals surface area contributed by atoms with E-state index in [0.717, 1.165) is 11.8 Å². The molecule has 0 saturated heterocycles. The quantitative estimate of drug-likeness (QED) is 0.857. The van der Waals surface area contributed by atoms with E-state index in [2.05, 4.69) is 0 Å². The highest BCUT2D eigenvalue weighted by Crippen LogP contribution is 2.26. The molecular weight excluding hydrogens is 293 g/mol. The van der Waals surface area contributed by atoms with Crippen LogP contribution in [0.25, 0.3) is 0 Å². The van der Waals surface area contributed by atoms with Crippen LogP contribution in [0.2, 0.25) is 5.02 Å². The van der Waals surface area contributed by atoms with Crippen LogP contribution in [0.15, 0.2) is 48.5 Å². The van der Waals surface area contributed by atoms with Gasteiger partial charge >= 0.3 is 0 Å². The van der Waals surface area contributed by atoms with Crippen LogP contribution in [-0.4, -0.2) is 19.1 Å². The number of halogens is 2. The predicted molar refractivity (Wildman–Crippen MR) is 81.4 cm³/mol. The third-order valence-corrected chi connectivity index (χ3v) is 3.31. The lowest BCUT2D eigenvalue weighted by Crippen LogP contribution is -2.38. The Bertz CT molecular complexity index is 633. The Morgan fingerprint density at radius 2 is 1.90 bits per heavy atom. The van der Waals surface area contributed by atoms with Gasteiger partial charge in [-0.05, 0) is 37.3 Å². The van der Waals surface area contributed by atoms with Crippen molar-refractivity contribution in [2.75, 3.05) is 11.9 Å². The molecular formula is C16H15ClFNO2. The monoisotopic (exact) mass is 307 g/mol. The minimum absolute atomic E-state index is 0.136. The fourth-order valence-corrected chi connectivity index (χ4v) is 2.07. The summed E-state index contributed by atoms with van der Waals surface area (Å²) in [6, 6.07) is 13.0. The molecule has 5 heteroatoms. The van der Waals surface area contributed by atoms with Gasteiger partial charge in [0.2, 0.25) is 0 Å². The molecule has 3 nitrogen and oxygen atoms in total. The Morgan fingerprint density at radius 3 is 2.52 bits per heavy atom. The molecule has 0 heterocycles. The molecule has 0 N–H and O–H groups in total. The fraction of sp³-hybridized carbons (Fsp3) is 0.188. The van der Waals surface area contributed by atoms with E-state index in [-0.39, 0.29) is 16.7 Å². The largest absolute Gasteiger partial charge is 0.479 e. The molecule has 0 aliphatic rings. The SMILES string of the molecule is CC(Oc1ccc(F)cc1Cl)C(=O)N(C)c1ccccc1. The van der Waals surface area contributed by atoms with Crippen LogP contribution in [0, 0.1) is 5.82 Å². The molecule has 0 bridgehead atoms. The van der Waals surface area contributed by atoms with Gasteiger partial charge < -0.3 is 9.64 Å². The van der Waals surface area contributed by atoms with Crippen LogP contribution in [0.3, 0.4) is 0 Å². The van der Waals surface area contributed by atoms with E-state index >= 15 is 0 Å². The Morgan fingerprint density at radius 1 is 1.24 bits per heavy atom. The number of para-hydroxylation sites is 1. The van der Waals surface area contributed by atoms with Crippen molar-refractivity contribution in [3.8, 4) is 5.75 Å². The van der Waals surface area contributed by atoms with Crippen molar-refractivity contribution in [3.63, 3.8) is 0 Å². The summed E-state index contributed by atoms with van der Waals surface area (Å²) in [4.78, 5) is 13.8. The summed E-state index contributed by atoms with van der Waals surface area (Å²) in [7, 11) is 1.67. The average molecular weight is 308 g/mol. The smallest absolute Gasteiger partial charge is 0.267 e. The molecule has 0 aromatic heterocycles. The molecule has 110 valence electrons. The third kappa shape index (κ3) is 3.73. The van der Waals surface area contributed by atoms with Gasteiger partial charge in [-0.1, -0.05) is 29.8 Å². The zero-order valence-corrected chi connectivity index (χ0v) is 12.5. The van der Waals surface area contributed by atoms with Crippen molar-refractivity contribution in [3.05, 3.63) is 59.4 Å². The Hall–Kier alpha value is -2.07. The first-order valence-corrected chi connectivity index (χ1v) is 6.81. The molecule has 0 radical (unpaired) electrons. The number of anilines is 1. The minimum Gasteiger partial charge on any atom is -0.479 e. The maximum Gasteiger partial charge on any atom is 0.267 e. The van der Waals surface area contributed by atoms with Gasteiger partial charge in [0.25, 0.3) is 5.91 Å². The summed E-state index contributed by atoms with van der Waals surface area (Å²) in [5, 5.41) is 0.136.